The van der Waals surface area contributed by atoms with E-state index in [0.29, 0.717) is 22.8 Å². The highest BCUT2D eigenvalue weighted by Gasteiger charge is 2.22. The van der Waals surface area contributed by atoms with Gasteiger partial charge in [-0.3, -0.25) is 9.78 Å². The molecule has 0 aliphatic rings. The first-order valence-electron chi connectivity index (χ1n) is 6.83. The summed E-state index contributed by atoms with van der Waals surface area (Å²) in [4.78, 5) is 16.4. The van der Waals surface area contributed by atoms with Crippen LogP contribution < -0.4 is 11.1 Å². The number of pyridine rings is 1. The summed E-state index contributed by atoms with van der Waals surface area (Å²) in [6.45, 7) is 0.344. The molecular formula is C16H13ClN4O2. The van der Waals surface area contributed by atoms with Crippen molar-refractivity contribution >= 4 is 23.4 Å². The fourth-order valence-electron chi connectivity index (χ4n) is 2.10. The lowest BCUT2D eigenvalue weighted by atomic mass is 10.1. The molecule has 0 aliphatic carbocycles. The Kier molecular flexibility index (Phi) is 4.25. The Hall–Kier alpha value is -2.86. The average molecular weight is 329 g/mol. The Morgan fingerprint density at radius 3 is 2.57 bits per heavy atom. The van der Waals surface area contributed by atoms with Gasteiger partial charge >= 0.3 is 0 Å². The first-order chi connectivity index (χ1) is 11.1. The maximum absolute atomic E-state index is 12.4. The van der Waals surface area contributed by atoms with Crippen LogP contribution in [0.1, 0.15) is 15.9 Å². The number of hydrogen-bond donors (Lipinski definition) is 2. The lowest BCUT2D eigenvalue weighted by Crippen LogP contribution is -2.23. The second kappa shape index (κ2) is 6.50. The van der Waals surface area contributed by atoms with Crippen molar-refractivity contribution in [1.29, 1.82) is 0 Å². The Labute approximate surface area is 137 Å². The summed E-state index contributed by atoms with van der Waals surface area (Å²) in [5, 5.41) is 7.30. The zero-order valence-corrected chi connectivity index (χ0v) is 12.7. The molecule has 0 saturated heterocycles. The van der Waals surface area contributed by atoms with Crippen molar-refractivity contribution < 1.29 is 9.32 Å². The minimum Gasteiger partial charge on any atom is -0.367 e. The van der Waals surface area contributed by atoms with Gasteiger partial charge in [0.25, 0.3) is 5.91 Å². The lowest BCUT2D eigenvalue weighted by molar-refractivity contribution is 0.0952. The summed E-state index contributed by atoms with van der Waals surface area (Å²) in [5.74, 6) is -0.379. The van der Waals surface area contributed by atoms with E-state index in [2.05, 4.69) is 15.5 Å². The molecule has 0 aliphatic heterocycles. The molecule has 3 rings (SSSR count). The number of carbonyl (C=O) groups excluding carboxylic acids is 1. The van der Waals surface area contributed by atoms with Crippen molar-refractivity contribution in [3.8, 4) is 11.3 Å². The highest BCUT2D eigenvalue weighted by molar-refractivity contribution is 6.30. The molecule has 3 N–H and O–H groups in total. The molecule has 2 aromatic heterocycles. The molecule has 0 bridgehead atoms. The molecule has 2 heterocycles. The molecule has 0 saturated carbocycles. The SMILES string of the molecule is Nc1onc(-c2ccncc2)c1C(=O)NCc1ccc(Cl)cc1. The lowest BCUT2D eigenvalue weighted by Gasteiger charge is -2.06. The van der Waals surface area contributed by atoms with Gasteiger partial charge < -0.3 is 15.6 Å². The third-order valence-corrected chi connectivity index (χ3v) is 3.52. The number of rotatable bonds is 4. The maximum atomic E-state index is 12.4. The highest BCUT2D eigenvalue weighted by Crippen LogP contribution is 2.26. The molecular weight excluding hydrogens is 316 g/mol. The van der Waals surface area contributed by atoms with Crippen molar-refractivity contribution in [2.24, 2.45) is 0 Å². The molecule has 116 valence electrons. The second-order valence-corrected chi connectivity index (χ2v) is 5.25. The smallest absolute Gasteiger partial charge is 0.259 e. The first-order valence-corrected chi connectivity index (χ1v) is 7.21. The van der Waals surface area contributed by atoms with Gasteiger partial charge in [-0.2, -0.15) is 0 Å². The Balaban J connectivity index is 1.80. The number of aromatic nitrogens is 2. The van der Waals surface area contributed by atoms with E-state index >= 15 is 0 Å². The average Bonchev–Trinajstić information content (AvgIpc) is 2.96. The Morgan fingerprint density at radius 2 is 1.87 bits per heavy atom. The molecule has 6 nitrogen and oxygen atoms in total. The van der Waals surface area contributed by atoms with Gasteiger partial charge in [-0.15, -0.1) is 0 Å². The van der Waals surface area contributed by atoms with E-state index in [9.17, 15) is 4.79 Å². The summed E-state index contributed by atoms with van der Waals surface area (Å²) in [7, 11) is 0. The van der Waals surface area contributed by atoms with Crippen LogP contribution in [0.5, 0.6) is 0 Å². The molecule has 23 heavy (non-hydrogen) atoms. The first kappa shape index (κ1) is 15.1. The van der Waals surface area contributed by atoms with E-state index in [0.717, 1.165) is 5.56 Å². The summed E-state index contributed by atoms with van der Waals surface area (Å²) in [6.07, 6.45) is 3.21. The second-order valence-electron chi connectivity index (χ2n) is 4.82. The Bertz CT molecular complexity index is 816. The number of benzene rings is 1. The predicted molar refractivity (Wildman–Crippen MR) is 86.8 cm³/mol. The van der Waals surface area contributed by atoms with Crippen LogP contribution in [0.15, 0.2) is 53.3 Å². The number of amides is 1. The minimum absolute atomic E-state index is 0.0228. The molecule has 0 fully saturated rings. The van der Waals surface area contributed by atoms with Gasteiger partial charge in [0.15, 0.2) is 0 Å². The van der Waals surface area contributed by atoms with Gasteiger partial charge in [-0.1, -0.05) is 28.9 Å². The summed E-state index contributed by atoms with van der Waals surface area (Å²) >= 11 is 5.84. The van der Waals surface area contributed by atoms with Crippen LogP contribution in [0.2, 0.25) is 5.02 Å². The number of carbonyl (C=O) groups is 1. The number of nitrogens with zero attached hydrogens (tertiary/aromatic N) is 2. The van der Waals surface area contributed by atoms with E-state index in [-0.39, 0.29) is 17.4 Å². The monoisotopic (exact) mass is 328 g/mol. The fraction of sp³-hybridized carbons (Fsp3) is 0.0625. The van der Waals surface area contributed by atoms with Crippen LogP contribution >= 0.6 is 11.6 Å². The van der Waals surface area contributed by atoms with Crippen molar-refractivity contribution in [3.05, 3.63) is 64.9 Å². The number of hydrogen-bond acceptors (Lipinski definition) is 5. The number of anilines is 1. The van der Waals surface area contributed by atoms with Gasteiger partial charge in [0.1, 0.15) is 11.3 Å². The van der Waals surface area contributed by atoms with Crippen LogP contribution in [-0.2, 0) is 6.54 Å². The number of nitrogens with one attached hydrogen (secondary N) is 1. The summed E-state index contributed by atoms with van der Waals surface area (Å²) < 4.78 is 4.97. The van der Waals surface area contributed by atoms with E-state index in [1.54, 1.807) is 36.7 Å². The molecule has 1 amide bonds. The third kappa shape index (κ3) is 3.32. The van der Waals surface area contributed by atoms with Crippen LogP contribution in [0.4, 0.5) is 5.88 Å². The molecule has 0 unspecified atom stereocenters. The summed E-state index contributed by atoms with van der Waals surface area (Å²) in [5.41, 5.74) is 7.97. The predicted octanol–water partition coefficient (Wildman–Crippen LogP) is 2.90. The van der Waals surface area contributed by atoms with E-state index < -0.39 is 0 Å². The van der Waals surface area contributed by atoms with E-state index in [4.69, 9.17) is 21.9 Å². The molecule has 7 heteroatoms. The number of nitrogens with two attached hydrogens (primary N) is 1. The van der Waals surface area contributed by atoms with Crippen LogP contribution in [0.3, 0.4) is 0 Å². The van der Waals surface area contributed by atoms with E-state index in [1.165, 1.54) is 0 Å². The van der Waals surface area contributed by atoms with Gasteiger partial charge in [-0.25, -0.2) is 0 Å². The molecule has 0 radical (unpaired) electrons. The van der Waals surface area contributed by atoms with Gasteiger partial charge in [0, 0.05) is 29.5 Å². The van der Waals surface area contributed by atoms with Crippen LogP contribution in [0, 0.1) is 0 Å². The minimum atomic E-state index is -0.356. The van der Waals surface area contributed by atoms with Crippen molar-refractivity contribution in [3.63, 3.8) is 0 Å². The normalized spacial score (nSPS) is 10.5. The molecule has 0 atom stereocenters. The molecule has 0 spiro atoms. The molecule has 1 aromatic carbocycles. The van der Waals surface area contributed by atoms with Gasteiger partial charge in [0.2, 0.25) is 5.88 Å². The van der Waals surface area contributed by atoms with Crippen LogP contribution in [-0.4, -0.2) is 16.0 Å². The number of halogens is 1. The maximum Gasteiger partial charge on any atom is 0.259 e. The topological polar surface area (TPSA) is 94.0 Å². The standard InChI is InChI=1S/C16H13ClN4O2/c17-12-3-1-10(2-4-12)9-20-16(22)13-14(21-23-15(13)18)11-5-7-19-8-6-11/h1-8H,9,18H2,(H,20,22). The largest absolute Gasteiger partial charge is 0.367 e. The third-order valence-electron chi connectivity index (χ3n) is 3.27. The van der Waals surface area contributed by atoms with E-state index in [1.807, 2.05) is 12.1 Å². The molecule has 3 aromatic rings. The van der Waals surface area contributed by atoms with Gasteiger partial charge in [-0.05, 0) is 29.8 Å². The van der Waals surface area contributed by atoms with Crippen molar-refractivity contribution in [2.45, 2.75) is 6.54 Å². The highest BCUT2D eigenvalue weighted by atomic mass is 35.5. The van der Waals surface area contributed by atoms with Crippen molar-refractivity contribution in [1.82, 2.24) is 15.5 Å². The van der Waals surface area contributed by atoms with Crippen molar-refractivity contribution in [2.75, 3.05) is 5.73 Å². The zero-order valence-electron chi connectivity index (χ0n) is 12.0. The Morgan fingerprint density at radius 1 is 1.17 bits per heavy atom. The zero-order chi connectivity index (χ0) is 16.2. The number of nitrogen functional groups attached to an aromatic ring is 1. The van der Waals surface area contributed by atoms with Crippen LogP contribution in [0.25, 0.3) is 11.3 Å². The van der Waals surface area contributed by atoms with Gasteiger partial charge in [0.05, 0.1) is 0 Å². The quantitative estimate of drug-likeness (QED) is 0.768. The fourth-order valence-corrected chi connectivity index (χ4v) is 2.23. The summed E-state index contributed by atoms with van der Waals surface area (Å²) in [6, 6.07) is 10.7.